The number of carbonyl (C=O) groups excluding carboxylic acids is 1. The predicted octanol–water partition coefficient (Wildman–Crippen LogP) is 2.61. The molecule has 0 fully saturated rings. The first-order valence-corrected chi connectivity index (χ1v) is 4.41. The van der Waals surface area contributed by atoms with Gasteiger partial charge >= 0.3 is 0 Å². The van der Waals surface area contributed by atoms with Crippen molar-refractivity contribution >= 4 is 5.78 Å². The van der Waals surface area contributed by atoms with Crippen LogP contribution in [-0.2, 0) is 10.5 Å². The summed E-state index contributed by atoms with van der Waals surface area (Å²) < 4.78 is 0. The Morgan fingerprint density at radius 2 is 2.07 bits per heavy atom. The zero-order chi connectivity index (χ0) is 10.8. The third-order valence-electron chi connectivity index (χ3n) is 2.19. The lowest BCUT2D eigenvalue weighted by molar-refractivity contribution is -0.318. The van der Waals surface area contributed by atoms with Crippen molar-refractivity contribution in [2.45, 2.75) is 26.4 Å². The van der Waals surface area contributed by atoms with E-state index in [2.05, 4.69) is 4.89 Å². The standard InChI is InChI=1S/C11H14O3/c1-8(12)9-5-4-6-10(7-9)11(2,3)14-13/h4-7,13H,1-3H3. The summed E-state index contributed by atoms with van der Waals surface area (Å²) in [5, 5.41) is 8.69. The summed E-state index contributed by atoms with van der Waals surface area (Å²) >= 11 is 0. The molecule has 1 N–H and O–H groups in total. The van der Waals surface area contributed by atoms with E-state index < -0.39 is 5.60 Å². The smallest absolute Gasteiger partial charge is 0.159 e. The van der Waals surface area contributed by atoms with E-state index in [0.29, 0.717) is 5.56 Å². The molecule has 1 aromatic rings. The van der Waals surface area contributed by atoms with Crippen molar-refractivity contribution in [3.8, 4) is 0 Å². The Labute approximate surface area is 83.3 Å². The number of hydrogen-bond donors (Lipinski definition) is 1. The Kier molecular flexibility index (Phi) is 3.03. The molecule has 0 aromatic heterocycles. The van der Waals surface area contributed by atoms with Crippen LogP contribution < -0.4 is 0 Å². The van der Waals surface area contributed by atoms with E-state index in [-0.39, 0.29) is 5.78 Å². The Bertz CT molecular complexity index is 342. The van der Waals surface area contributed by atoms with Crippen LogP contribution in [0.5, 0.6) is 0 Å². The van der Waals surface area contributed by atoms with Crippen molar-refractivity contribution in [1.29, 1.82) is 0 Å². The van der Waals surface area contributed by atoms with E-state index in [1.807, 2.05) is 6.07 Å². The van der Waals surface area contributed by atoms with E-state index in [4.69, 9.17) is 5.26 Å². The number of benzene rings is 1. The molecular weight excluding hydrogens is 180 g/mol. The normalized spacial score (nSPS) is 11.4. The van der Waals surface area contributed by atoms with E-state index in [1.165, 1.54) is 6.92 Å². The molecule has 0 heterocycles. The Hall–Kier alpha value is -1.19. The van der Waals surface area contributed by atoms with Crippen molar-refractivity contribution in [1.82, 2.24) is 0 Å². The van der Waals surface area contributed by atoms with Crippen LogP contribution in [-0.4, -0.2) is 11.0 Å². The summed E-state index contributed by atoms with van der Waals surface area (Å²) in [7, 11) is 0. The second-order valence-electron chi connectivity index (χ2n) is 3.74. The second kappa shape index (κ2) is 3.90. The van der Waals surface area contributed by atoms with Crippen LogP contribution in [0.3, 0.4) is 0 Å². The molecule has 0 saturated heterocycles. The fraction of sp³-hybridized carbons (Fsp3) is 0.364. The Morgan fingerprint density at radius 1 is 1.43 bits per heavy atom. The maximum Gasteiger partial charge on any atom is 0.159 e. The summed E-state index contributed by atoms with van der Waals surface area (Å²) in [4.78, 5) is 15.5. The van der Waals surface area contributed by atoms with Crippen LogP contribution >= 0.6 is 0 Å². The van der Waals surface area contributed by atoms with Gasteiger partial charge in [0.1, 0.15) is 5.60 Å². The van der Waals surface area contributed by atoms with Gasteiger partial charge < -0.3 is 0 Å². The highest BCUT2D eigenvalue weighted by Gasteiger charge is 2.21. The maximum atomic E-state index is 11.1. The summed E-state index contributed by atoms with van der Waals surface area (Å²) in [5.74, 6) is 0.000546. The van der Waals surface area contributed by atoms with E-state index in [0.717, 1.165) is 5.56 Å². The molecule has 0 amide bonds. The van der Waals surface area contributed by atoms with Crippen LogP contribution in [0.2, 0.25) is 0 Å². The largest absolute Gasteiger partial charge is 0.295 e. The summed E-state index contributed by atoms with van der Waals surface area (Å²) in [6.07, 6.45) is 0. The lowest BCUT2D eigenvalue weighted by Crippen LogP contribution is -2.20. The zero-order valence-corrected chi connectivity index (χ0v) is 8.57. The fourth-order valence-electron chi connectivity index (χ4n) is 1.17. The minimum absolute atomic E-state index is 0.000546. The highest BCUT2D eigenvalue weighted by atomic mass is 17.1. The maximum absolute atomic E-state index is 11.1. The van der Waals surface area contributed by atoms with Gasteiger partial charge in [0.15, 0.2) is 5.78 Å². The Morgan fingerprint density at radius 3 is 2.57 bits per heavy atom. The van der Waals surface area contributed by atoms with E-state index >= 15 is 0 Å². The van der Waals surface area contributed by atoms with E-state index in [1.54, 1.807) is 32.0 Å². The van der Waals surface area contributed by atoms with Crippen LogP contribution in [0.15, 0.2) is 24.3 Å². The van der Waals surface area contributed by atoms with Gasteiger partial charge in [0.25, 0.3) is 0 Å². The number of Topliss-reactive ketones (excluding diaryl/α,β-unsaturated/α-hetero) is 1. The number of rotatable bonds is 3. The molecule has 0 saturated carbocycles. The fourth-order valence-corrected chi connectivity index (χ4v) is 1.17. The molecule has 0 aliphatic carbocycles. The molecule has 0 unspecified atom stereocenters. The van der Waals surface area contributed by atoms with Crippen molar-refractivity contribution in [2.75, 3.05) is 0 Å². The predicted molar refractivity (Wildman–Crippen MR) is 53.2 cm³/mol. The molecule has 0 atom stereocenters. The molecule has 3 heteroatoms. The average molecular weight is 194 g/mol. The van der Waals surface area contributed by atoms with Gasteiger partial charge in [0.2, 0.25) is 0 Å². The molecular formula is C11H14O3. The van der Waals surface area contributed by atoms with Gasteiger partial charge in [0.05, 0.1) is 0 Å². The highest BCUT2D eigenvalue weighted by molar-refractivity contribution is 5.94. The number of carbonyl (C=O) groups is 1. The third kappa shape index (κ3) is 2.19. The lowest BCUT2D eigenvalue weighted by Gasteiger charge is -2.21. The molecule has 3 nitrogen and oxygen atoms in total. The second-order valence-corrected chi connectivity index (χ2v) is 3.74. The molecule has 0 bridgehead atoms. The highest BCUT2D eigenvalue weighted by Crippen LogP contribution is 2.24. The molecule has 0 aliphatic rings. The van der Waals surface area contributed by atoms with Gasteiger partial charge in [-0.15, -0.1) is 0 Å². The van der Waals surface area contributed by atoms with Crippen molar-refractivity contribution in [3.63, 3.8) is 0 Å². The first-order chi connectivity index (χ1) is 6.47. The van der Waals surface area contributed by atoms with Crippen LogP contribution in [0.25, 0.3) is 0 Å². The number of ketones is 1. The molecule has 0 radical (unpaired) electrons. The van der Waals surface area contributed by atoms with Crippen molar-refractivity contribution < 1.29 is 14.9 Å². The SMILES string of the molecule is CC(=O)c1cccc(C(C)(C)OO)c1. The van der Waals surface area contributed by atoms with Crippen LogP contribution in [0.4, 0.5) is 0 Å². The van der Waals surface area contributed by atoms with Gasteiger partial charge in [-0.1, -0.05) is 18.2 Å². The summed E-state index contributed by atoms with van der Waals surface area (Å²) in [5.41, 5.74) is 0.603. The van der Waals surface area contributed by atoms with Gasteiger partial charge in [-0.05, 0) is 32.4 Å². The van der Waals surface area contributed by atoms with Gasteiger partial charge in [-0.3, -0.25) is 10.1 Å². The van der Waals surface area contributed by atoms with Crippen LogP contribution in [0.1, 0.15) is 36.7 Å². The lowest BCUT2D eigenvalue weighted by atomic mass is 9.96. The van der Waals surface area contributed by atoms with Crippen molar-refractivity contribution in [2.24, 2.45) is 0 Å². The molecule has 0 aliphatic heterocycles. The van der Waals surface area contributed by atoms with Crippen molar-refractivity contribution in [3.05, 3.63) is 35.4 Å². The van der Waals surface area contributed by atoms with E-state index in [9.17, 15) is 4.79 Å². The summed E-state index contributed by atoms with van der Waals surface area (Å²) in [6.45, 7) is 4.96. The molecule has 0 spiro atoms. The topological polar surface area (TPSA) is 46.5 Å². The van der Waals surface area contributed by atoms with Gasteiger partial charge in [-0.2, -0.15) is 0 Å². The molecule has 1 rings (SSSR count). The molecule has 14 heavy (non-hydrogen) atoms. The van der Waals surface area contributed by atoms with Crippen LogP contribution in [0, 0.1) is 0 Å². The van der Waals surface area contributed by atoms with Gasteiger partial charge in [-0.25, -0.2) is 4.89 Å². The summed E-state index contributed by atoms with van der Waals surface area (Å²) in [6, 6.07) is 7.04. The first-order valence-electron chi connectivity index (χ1n) is 4.41. The molecule has 1 aromatic carbocycles. The van der Waals surface area contributed by atoms with Gasteiger partial charge in [0, 0.05) is 5.56 Å². The number of hydrogen-bond acceptors (Lipinski definition) is 3. The monoisotopic (exact) mass is 194 g/mol. The minimum Gasteiger partial charge on any atom is -0.295 e. The first kappa shape index (κ1) is 10.9. The molecule has 76 valence electrons. The quantitative estimate of drug-likeness (QED) is 0.457. The minimum atomic E-state index is -0.786. The third-order valence-corrected chi connectivity index (χ3v) is 2.19. The Balaban J connectivity index is 3.12. The zero-order valence-electron chi connectivity index (χ0n) is 8.57. The average Bonchev–Trinajstić information content (AvgIpc) is 2.18.